The van der Waals surface area contributed by atoms with Crippen LogP contribution in [0.15, 0.2) is 47.2 Å². The molecule has 3 aromatic rings. The van der Waals surface area contributed by atoms with Crippen LogP contribution in [0.3, 0.4) is 0 Å². The molecular weight excluding hydrogens is 270 g/mol. The summed E-state index contributed by atoms with van der Waals surface area (Å²) in [6.45, 7) is 0.229. The molecule has 0 aliphatic heterocycles. The number of rotatable bonds is 5. The molecule has 0 amide bonds. The molecule has 21 heavy (non-hydrogen) atoms. The van der Waals surface area contributed by atoms with E-state index in [4.69, 9.17) is 15.0 Å². The topological polar surface area (TPSA) is 92.0 Å². The Bertz CT molecular complexity index is 707. The van der Waals surface area contributed by atoms with Crippen LogP contribution in [0.25, 0.3) is 0 Å². The van der Waals surface area contributed by atoms with Gasteiger partial charge in [0.15, 0.2) is 6.61 Å². The van der Waals surface area contributed by atoms with Crippen molar-refractivity contribution in [2.45, 2.75) is 12.6 Å². The summed E-state index contributed by atoms with van der Waals surface area (Å²) in [5, 5.41) is 7.93. The minimum atomic E-state index is -0.489. The molecule has 0 saturated heterocycles. The van der Waals surface area contributed by atoms with Crippen LogP contribution in [0.2, 0.25) is 0 Å². The van der Waals surface area contributed by atoms with Crippen molar-refractivity contribution in [2.75, 3.05) is 0 Å². The van der Waals surface area contributed by atoms with E-state index in [0.717, 1.165) is 11.3 Å². The molecule has 1 atom stereocenters. The fraction of sp³-hybridized carbons (Fsp3) is 0.214. The average Bonchev–Trinajstić information content (AvgIpc) is 3.14. The molecule has 0 radical (unpaired) electrons. The molecule has 3 rings (SSSR count). The van der Waals surface area contributed by atoms with Crippen molar-refractivity contribution in [3.8, 4) is 5.75 Å². The first kappa shape index (κ1) is 13.3. The van der Waals surface area contributed by atoms with Crippen LogP contribution in [0.1, 0.15) is 23.3 Å². The van der Waals surface area contributed by atoms with Crippen LogP contribution >= 0.6 is 0 Å². The summed E-state index contributed by atoms with van der Waals surface area (Å²) < 4.78 is 12.4. The second-order valence-corrected chi connectivity index (χ2v) is 4.58. The molecule has 0 saturated carbocycles. The Labute approximate surface area is 121 Å². The van der Waals surface area contributed by atoms with Gasteiger partial charge in [0.05, 0.1) is 6.20 Å². The van der Waals surface area contributed by atoms with Crippen molar-refractivity contribution in [1.29, 1.82) is 0 Å². The highest BCUT2D eigenvalue weighted by atomic mass is 16.5. The van der Waals surface area contributed by atoms with Crippen molar-refractivity contribution in [3.05, 3.63) is 60.0 Å². The lowest BCUT2D eigenvalue weighted by molar-refractivity contribution is 0.284. The zero-order valence-corrected chi connectivity index (χ0v) is 11.5. The van der Waals surface area contributed by atoms with E-state index in [2.05, 4.69) is 15.2 Å². The Morgan fingerprint density at radius 1 is 1.33 bits per heavy atom. The fourth-order valence-corrected chi connectivity index (χ4v) is 1.86. The first-order chi connectivity index (χ1) is 10.2. The van der Waals surface area contributed by atoms with Gasteiger partial charge in [0.25, 0.3) is 0 Å². The molecule has 0 fully saturated rings. The Kier molecular flexibility index (Phi) is 3.65. The summed E-state index contributed by atoms with van der Waals surface area (Å²) in [5.41, 5.74) is 6.88. The molecule has 1 aromatic carbocycles. The van der Waals surface area contributed by atoms with Crippen LogP contribution in [-0.2, 0) is 13.7 Å². The molecule has 0 spiro atoms. The predicted octanol–water partition coefficient (Wildman–Crippen LogP) is 1.43. The van der Waals surface area contributed by atoms with Gasteiger partial charge >= 0.3 is 0 Å². The number of ether oxygens (including phenoxy) is 1. The van der Waals surface area contributed by atoms with Gasteiger partial charge in [0, 0.05) is 18.8 Å². The molecular formula is C14H15N5O2. The number of aromatic nitrogens is 4. The zero-order chi connectivity index (χ0) is 14.7. The van der Waals surface area contributed by atoms with Crippen LogP contribution in [0, 0.1) is 0 Å². The Morgan fingerprint density at radius 2 is 2.14 bits per heavy atom. The molecule has 7 heteroatoms. The van der Waals surface area contributed by atoms with Crippen molar-refractivity contribution in [2.24, 2.45) is 12.8 Å². The minimum absolute atomic E-state index is 0.229. The molecule has 0 aliphatic carbocycles. The Morgan fingerprint density at radius 3 is 2.86 bits per heavy atom. The number of hydrogen-bond donors (Lipinski definition) is 1. The van der Waals surface area contributed by atoms with Gasteiger partial charge < -0.3 is 15.0 Å². The maximum Gasteiger partial charge on any atom is 0.248 e. The first-order valence-corrected chi connectivity index (χ1v) is 6.47. The van der Waals surface area contributed by atoms with Crippen molar-refractivity contribution in [1.82, 2.24) is 19.9 Å². The lowest BCUT2D eigenvalue weighted by Gasteiger charge is -2.02. The van der Waals surface area contributed by atoms with Gasteiger partial charge in [0.2, 0.25) is 11.7 Å². The van der Waals surface area contributed by atoms with Gasteiger partial charge in [-0.3, -0.25) is 4.68 Å². The summed E-state index contributed by atoms with van der Waals surface area (Å²) in [6, 6.07) is 8.96. The number of nitrogens with zero attached hydrogens (tertiary/aromatic N) is 4. The third-order valence-electron chi connectivity index (χ3n) is 2.94. The minimum Gasteiger partial charge on any atom is -0.485 e. The second kappa shape index (κ2) is 5.76. The molecule has 0 aliphatic rings. The SMILES string of the molecule is Cn1cc(C(N)c2nc(COc3ccccc3)no2)cn1. The molecule has 0 bridgehead atoms. The monoisotopic (exact) mass is 285 g/mol. The fourth-order valence-electron chi connectivity index (χ4n) is 1.86. The van der Waals surface area contributed by atoms with Crippen LogP contribution in [0.5, 0.6) is 5.75 Å². The van der Waals surface area contributed by atoms with E-state index in [1.54, 1.807) is 10.9 Å². The van der Waals surface area contributed by atoms with Gasteiger partial charge in [0.1, 0.15) is 11.8 Å². The van der Waals surface area contributed by atoms with E-state index in [1.165, 1.54) is 0 Å². The van der Waals surface area contributed by atoms with Crippen molar-refractivity contribution >= 4 is 0 Å². The predicted molar refractivity (Wildman–Crippen MR) is 74.3 cm³/mol. The molecule has 2 aromatic heterocycles. The van der Waals surface area contributed by atoms with Gasteiger partial charge in [-0.05, 0) is 12.1 Å². The smallest absolute Gasteiger partial charge is 0.248 e. The number of para-hydroxylation sites is 1. The van der Waals surface area contributed by atoms with Crippen LogP contribution in [-0.4, -0.2) is 19.9 Å². The summed E-state index contributed by atoms with van der Waals surface area (Å²) in [7, 11) is 1.82. The van der Waals surface area contributed by atoms with E-state index >= 15 is 0 Å². The number of aryl methyl sites for hydroxylation is 1. The van der Waals surface area contributed by atoms with E-state index in [1.807, 2.05) is 43.6 Å². The van der Waals surface area contributed by atoms with E-state index < -0.39 is 6.04 Å². The van der Waals surface area contributed by atoms with Crippen LogP contribution < -0.4 is 10.5 Å². The summed E-state index contributed by atoms with van der Waals surface area (Å²) in [5.74, 6) is 1.54. The zero-order valence-electron chi connectivity index (χ0n) is 11.5. The standard InChI is InChI=1S/C14H15N5O2/c1-19-8-10(7-16-19)13(15)14-17-12(18-21-14)9-20-11-5-3-2-4-6-11/h2-8,13H,9,15H2,1H3. The molecule has 1 unspecified atom stereocenters. The summed E-state index contributed by atoms with van der Waals surface area (Å²) in [4.78, 5) is 4.25. The van der Waals surface area contributed by atoms with Crippen molar-refractivity contribution < 1.29 is 9.26 Å². The lowest BCUT2D eigenvalue weighted by atomic mass is 10.2. The Balaban J connectivity index is 1.66. The quantitative estimate of drug-likeness (QED) is 0.762. The van der Waals surface area contributed by atoms with Gasteiger partial charge in [-0.2, -0.15) is 10.1 Å². The highest BCUT2D eigenvalue weighted by molar-refractivity contribution is 5.21. The second-order valence-electron chi connectivity index (χ2n) is 4.58. The number of benzene rings is 1. The highest BCUT2D eigenvalue weighted by Crippen LogP contribution is 2.17. The largest absolute Gasteiger partial charge is 0.485 e. The highest BCUT2D eigenvalue weighted by Gasteiger charge is 2.18. The maximum atomic E-state index is 6.06. The maximum absolute atomic E-state index is 6.06. The number of nitrogens with two attached hydrogens (primary N) is 1. The van der Waals surface area contributed by atoms with E-state index in [0.29, 0.717) is 11.7 Å². The summed E-state index contributed by atoms with van der Waals surface area (Å²) >= 11 is 0. The third kappa shape index (κ3) is 3.09. The first-order valence-electron chi connectivity index (χ1n) is 6.47. The van der Waals surface area contributed by atoms with E-state index in [-0.39, 0.29) is 6.61 Å². The third-order valence-corrected chi connectivity index (χ3v) is 2.94. The molecule has 2 heterocycles. The van der Waals surface area contributed by atoms with Gasteiger partial charge in [-0.25, -0.2) is 0 Å². The van der Waals surface area contributed by atoms with E-state index in [9.17, 15) is 0 Å². The molecule has 108 valence electrons. The Hall–Kier alpha value is -2.67. The van der Waals surface area contributed by atoms with Gasteiger partial charge in [-0.1, -0.05) is 23.4 Å². The normalized spacial score (nSPS) is 12.3. The molecule has 7 nitrogen and oxygen atoms in total. The summed E-state index contributed by atoms with van der Waals surface area (Å²) in [6.07, 6.45) is 3.49. The van der Waals surface area contributed by atoms with Crippen molar-refractivity contribution in [3.63, 3.8) is 0 Å². The lowest BCUT2D eigenvalue weighted by Crippen LogP contribution is -2.11. The van der Waals surface area contributed by atoms with Crippen LogP contribution in [0.4, 0.5) is 0 Å². The van der Waals surface area contributed by atoms with Gasteiger partial charge in [-0.15, -0.1) is 0 Å². The molecule has 2 N–H and O–H groups in total. The average molecular weight is 285 g/mol. The number of hydrogen-bond acceptors (Lipinski definition) is 6.